The van der Waals surface area contributed by atoms with Crippen LogP contribution in [0.25, 0.3) is 0 Å². The van der Waals surface area contributed by atoms with Crippen LogP contribution >= 0.6 is 21.6 Å². The summed E-state index contributed by atoms with van der Waals surface area (Å²) < 4.78 is 0. The smallest absolute Gasteiger partial charge is 0.136 e. The minimum atomic E-state index is 0.223. The van der Waals surface area contributed by atoms with Gasteiger partial charge in [-0.2, -0.15) is 0 Å². The van der Waals surface area contributed by atoms with E-state index >= 15 is 0 Å². The van der Waals surface area contributed by atoms with E-state index in [1.807, 2.05) is 35.4 Å². The van der Waals surface area contributed by atoms with Crippen molar-refractivity contribution in [2.24, 2.45) is 5.92 Å². The predicted octanol–water partition coefficient (Wildman–Crippen LogP) is 2.76. The third-order valence-corrected chi connectivity index (χ3v) is 4.74. The van der Waals surface area contributed by atoms with E-state index in [0.29, 0.717) is 11.0 Å². The maximum atomic E-state index is 11.3. The summed E-state index contributed by atoms with van der Waals surface area (Å²) in [6.07, 6.45) is 2.00. The summed E-state index contributed by atoms with van der Waals surface area (Å²) in [5.74, 6) is 1.87. The Morgan fingerprint density at radius 2 is 2.36 bits per heavy atom. The van der Waals surface area contributed by atoms with Gasteiger partial charge in [-0.15, -0.1) is 0 Å². The van der Waals surface area contributed by atoms with E-state index < -0.39 is 0 Å². The van der Waals surface area contributed by atoms with Gasteiger partial charge in [-0.3, -0.25) is 4.79 Å². The summed E-state index contributed by atoms with van der Waals surface area (Å²) >= 11 is 0. The molecule has 0 aliphatic carbocycles. The molecule has 1 nitrogen and oxygen atoms in total. The van der Waals surface area contributed by atoms with Gasteiger partial charge in [-0.1, -0.05) is 35.4 Å². The van der Waals surface area contributed by atoms with Crippen molar-refractivity contribution in [1.29, 1.82) is 0 Å². The molecule has 64 valence electrons. The zero-order chi connectivity index (χ0) is 8.27. The molecule has 11 heavy (non-hydrogen) atoms. The van der Waals surface area contributed by atoms with Gasteiger partial charge in [0.1, 0.15) is 5.78 Å². The molecule has 1 atom stereocenters. The fourth-order valence-electron chi connectivity index (χ4n) is 0.968. The van der Waals surface area contributed by atoms with Gasteiger partial charge < -0.3 is 0 Å². The maximum absolute atomic E-state index is 11.3. The summed E-state index contributed by atoms with van der Waals surface area (Å²) in [5.41, 5.74) is 0. The topological polar surface area (TPSA) is 17.1 Å². The minimum Gasteiger partial charge on any atom is -0.299 e. The van der Waals surface area contributed by atoms with Gasteiger partial charge in [0.2, 0.25) is 0 Å². The second-order valence-electron chi connectivity index (χ2n) is 3.15. The average molecular weight is 190 g/mol. The van der Waals surface area contributed by atoms with Gasteiger partial charge in [-0.05, 0) is 6.42 Å². The Balaban J connectivity index is 2.24. The van der Waals surface area contributed by atoms with Crippen molar-refractivity contribution in [3.05, 3.63) is 0 Å². The van der Waals surface area contributed by atoms with Gasteiger partial charge in [0.15, 0.2) is 0 Å². The number of rotatable bonds is 3. The third kappa shape index (κ3) is 3.08. The Morgan fingerprint density at radius 1 is 1.64 bits per heavy atom. The molecule has 0 radical (unpaired) electrons. The van der Waals surface area contributed by atoms with Crippen LogP contribution in [0.15, 0.2) is 0 Å². The highest BCUT2D eigenvalue weighted by molar-refractivity contribution is 8.77. The molecule has 0 saturated carbocycles. The molecule has 0 amide bonds. The second kappa shape index (κ2) is 4.41. The zero-order valence-corrected chi connectivity index (χ0v) is 8.63. The van der Waals surface area contributed by atoms with Crippen LogP contribution in [0.1, 0.15) is 26.7 Å². The highest BCUT2D eigenvalue weighted by atomic mass is 33.1. The van der Waals surface area contributed by atoms with E-state index in [1.165, 1.54) is 12.2 Å². The summed E-state index contributed by atoms with van der Waals surface area (Å²) in [5, 5.41) is 0.606. The van der Waals surface area contributed by atoms with E-state index in [2.05, 4.69) is 0 Å². The first kappa shape index (κ1) is 9.46. The van der Waals surface area contributed by atoms with Crippen molar-refractivity contribution < 1.29 is 4.79 Å². The summed E-state index contributed by atoms with van der Waals surface area (Å²) in [7, 11) is 3.78. The maximum Gasteiger partial charge on any atom is 0.136 e. The lowest BCUT2D eigenvalue weighted by molar-refractivity contribution is -0.121. The molecular formula is C8H14OS2. The number of carbonyl (C=O) groups is 1. The number of ketones is 1. The zero-order valence-electron chi connectivity index (χ0n) is 7.00. The van der Waals surface area contributed by atoms with Crippen molar-refractivity contribution in [3.63, 3.8) is 0 Å². The molecule has 0 aromatic carbocycles. The van der Waals surface area contributed by atoms with Crippen LogP contribution in [0.3, 0.4) is 0 Å². The normalized spacial score (nSPS) is 24.5. The largest absolute Gasteiger partial charge is 0.299 e. The van der Waals surface area contributed by atoms with Gasteiger partial charge in [0, 0.05) is 23.3 Å². The predicted molar refractivity (Wildman–Crippen MR) is 52.9 cm³/mol. The molecule has 0 bridgehead atoms. The second-order valence-corrected chi connectivity index (χ2v) is 5.94. The molecule has 0 N–H and O–H groups in total. The first-order chi connectivity index (χ1) is 5.20. The van der Waals surface area contributed by atoms with Gasteiger partial charge in [0.05, 0.1) is 0 Å². The minimum absolute atomic E-state index is 0.223. The Labute approximate surface area is 76.1 Å². The Hall–Kier alpha value is 0.370. The lowest BCUT2D eigenvalue weighted by Crippen LogP contribution is -2.13. The van der Waals surface area contributed by atoms with Crippen LogP contribution in [0.5, 0.6) is 0 Å². The average Bonchev–Trinajstić information content (AvgIpc) is 2.39. The number of hydrogen-bond acceptors (Lipinski definition) is 3. The van der Waals surface area contributed by atoms with Crippen LogP contribution in [0.2, 0.25) is 0 Å². The molecule has 1 fully saturated rings. The Kier molecular flexibility index (Phi) is 3.79. The molecule has 3 heteroatoms. The summed E-state index contributed by atoms with van der Waals surface area (Å²) in [6, 6.07) is 0. The molecule has 0 spiro atoms. The molecule has 1 aliphatic heterocycles. The monoisotopic (exact) mass is 190 g/mol. The van der Waals surface area contributed by atoms with Crippen molar-refractivity contribution in [1.82, 2.24) is 0 Å². The van der Waals surface area contributed by atoms with Crippen molar-refractivity contribution in [2.75, 3.05) is 5.75 Å². The number of carbonyl (C=O) groups excluding carboxylic acids is 1. The molecule has 0 aromatic rings. The van der Waals surface area contributed by atoms with E-state index in [4.69, 9.17) is 0 Å². The van der Waals surface area contributed by atoms with Crippen LogP contribution in [0.4, 0.5) is 0 Å². The fourth-order valence-corrected chi connectivity index (χ4v) is 3.88. The highest BCUT2D eigenvalue weighted by Crippen LogP contribution is 2.39. The number of hydrogen-bond donors (Lipinski definition) is 0. The number of Topliss-reactive ketones (excluding diaryl/α,β-unsaturated/α-hetero) is 1. The Bertz CT molecular complexity index is 139. The van der Waals surface area contributed by atoms with Crippen LogP contribution in [0, 0.1) is 5.92 Å². The summed E-state index contributed by atoms with van der Waals surface area (Å²) in [6.45, 7) is 3.96. The standard InChI is InChI=1S/C8H14OS2/c1-6(2)8(9)5-7-3-4-10-11-7/h6-7H,3-5H2,1-2H3. The van der Waals surface area contributed by atoms with Gasteiger partial charge in [-0.25, -0.2) is 0 Å². The summed E-state index contributed by atoms with van der Waals surface area (Å²) in [4.78, 5) is 11.3. The molecule has 1 saturated heterocycles. The lowest BCUT2D eigenvalue weighted by Gasteiger charge is -2.07. The van der Waals surface area contributed by atoms with Crippen LogP contribution in [-0.4, -0.2) is 16.8 Å². The molecule has 1 heterocycles. The van der Waals surface area contributed by atoms with Gasteiger partial charge in [0.25, 0.3) is 0 Å². The van der Waals surface area contributed by atoms with Crippen molar-refractivity contribution in [2.45, 2.75) is 31.9 Å². The molecule has 1 unspecified atom stereocenters. The Morgan fingerprint density at radius 3 is 2.82 bits per heavy atom. The molecule has 1 rings (SSSR count). The molecular weight excluding hydrogens is 176 g/mol. The quantitative estimate of drug-likeness (QED) is 0.637. The SMILES string of the molecule is CC(C)C(=O)CC1CCSS1. The van der Waals surface area contributed by atoms with Gasteiger partial charge >= 0.3 is 0 Å². The van der Waals surface area contributed by atoms with E-state index in [0.717, 1.165) is 6.42 Å². The van der Waals surface area contributed by atoms with E-state index in [9.17, 15) is 4.79 Å². The fraction of sp³-hybridized carbons (Fsp3) is 0.875. The lowest BCUT2D eigenvalue weighted by atomic mass is 10.0. The van der Waals surface area contributed by atoms with Crippen LogP contribution < -0.4 is 0 Å². The molecule has 1 aliphatic rings. The van der Waals surface area contributed by atoms with E-state index in [1.54, 1.807) is 0 Å². The third-order valence-electron chi connectivity index (χ3n) is 1.80. The molecule has 0 aromatic heterocycles. The van der Waals surface area contributed by atoms with E-state index in [-0.39, 0.29) is 5.92 Å². The van der Waals surface area contributed by atoms with Crippen molar-refractivity contribution >= 4 is 27.4 Å². The first-order valence-electron chi connectivity index (χ1n) is 4.01. The van der Waals surface area contributed by atoms with Crippen LogP contribution in [-0.2, 0) is 4.79 Å². The highest BCUT2D eigenvalue weighted by Gasteiger charge is 2.20. The first-order valence-corrected chi connectivity index (χ1v) is 6.39. The van der Waals surface area contributed by atoms with Crippen molar-refractivity contribution in [3.8, 4) is 0 Å².